The minimum absolute atomic E-state index is 0.366. The van der Waals surface area contributed by atoms with Crippen LogP contribution in [0.1, 0.15) is 38.8 Å². The molecule has 0 bridgehead atoms. The van der Waals surface area contributed by atoms with E-state index >= 15 is 0 Å². The number of hydrogen-bond donors (Lipinski definition) is 1. The minimum Gasteiger partial charge on any atom is -0.493 e. The van der Waals surface area contributed by atoms with Crippen LogP contribution >= 0.6 is 0 Å². The van der Waals surface area contributed by atoms with Crippen LogP contribution in [0.15, 0.2) is 24.4 Å². The van der Waals surface area contributed by atoms with Crippen molar-refractivity contribution in [3.8, 4) is 23.3 Å². The second-order valence-corrected chi connectivity index (χ2v) is 7.41. The van der Waals surface area contributed by atoms with Gasteiger partial charge in [-0.05, 0) is 58.1 Å². The van der Waals surface area contributed by atoms with Gasteiger partial charge in [0.2, 0.25) is 0 Å². The molecule has 0 atom stereocenters. The van der Waals surface area contributed by atoms with E-state index in [-0.39, 0.29) is 5.60 Å². The van der Waals surface area contributed by atoms with Crippen LogP contribution in [0.25, 0.3) is 21.8 Å². The lowest BCUT2D eigenvalue weighted by molar-refractivity contribution is 0.108. The molecule has 1 aliphatic carbocycles. The number of H-pyrrole nitrogens is 1. The quantitative estimate of drug-likeness (QED) is 0.685. The molecular weight excluding hydrogens is 324 g/mol. The minimum atomic E-state index is -0.366. The summed E-state index contributed by atoms with van der Waals surface area (Å²) in [6, 6.07) is 5.97. The molecule has 1 saturated carbocycles. The summed E-state index contributed by atoms with van der Waals surface area (Å²) in [6.45, 7) is 8.00. The smallest absolute Gasteiger partial charge is 0.164 e. The van der Waals surface area contributed by atoms with E-state index in [2.05, 4.69) is 28.7 Å². The lowest BCUT2D eigenvalue weighted by Gasteiger charge is -2.25. The number of pyridine rings is 1. The maximum absolute atomic E-state index is 6.14. The summed E-state index contributed by atoms with van der Waals surface area (Å²) in [7, 11) is 1.66. The van der Waals surface area contributed by atoms with Gasteiger partial charge in [-0.25, -0.2) is 4.98 Å². The number of nitrogens with zero attached hydrogens (tertiary/aromatic N) is 1. The highest BCUT2D eigenvalue weighted by atomic mass is 16.5. The van der Waals surface area contributed by atoms with Gasteiger partial charge in [0.15, 0.2) is 11.5 Å². The molecule has 0 aliphatic heterocycles. The molecule has 4 rings (SSSR count). The highest BCUT2D eigenvalue weighted by molar-refractivity contribution is 6.10. The zero-order valence-corrected chi connectivity index (χ0v) is 15.5. The molecule has 0 amide bonds. The molecule has 133 valence electrons. The summed E-state index contributed by atoms with van der Waals surface area (Å²) in [6.07, 6.45) is 4.86. The van der Waals surface area contributed by atoms with Crippen molar-refractivity contribution in [2.45, 2.75) is 38.7 Å². The van der Waals surface area contributed by atoms with Crippen LogP contribution < -0.4 is 9.47 Å². The van der Waals surface area contributed by atoms with E-state index in [0.717, 1.165) is 27.5 Å². The largest absolute Gasteiger partial charge is 0.493 e. The highest BCUT2D eigenvalue weighted by Crippen LogP contribution is 2.38. The van der Waals surface area contributed by atoms with Crippen LogP contribution in [-0.2, 0) is 0 Å². The van der Waals surface area contributed by atoms with Crippen molar-refractivity contribution >= 4 is 21.8 Å². The van der Waals surface area contributed by atoms with Crippen molar-refractivity contribution in [3.63, 3.8) is 0 Å². The third-order valence-electron chi connectivity index (χ3n) is 4.75. The topological polar surface area (TPSA) is 47.1 Å². The molecular formula is C22H23N2O2. The molecule has 1 N–H and O–H groups in total. The Balaban J connectivity index is 1.89. The summed E-state index contributed by atoms with van der Waals surface area (Å²) >= 11 is 0. The maximum Gasteiger partial charge on any atom is 0.164 e. The van der Waals surface area contributed by atoms with E-state index in [0.29, 0.717) is 23.8 Å². The number of aromatic amines is 1. The van der Waals surface area contributed by atoms with Gasteiger partial charge in [0.25, 0.3) is 0 Å². The monoisotopic (exact) mass is 347 g/mol. The number of hydrogen-bond acceptors (Lipinski definition) is 3. The Bertz CT molecular complexity index is 1030. The van der Waals surface area contributed by atoms with Crippen molar-refractivity contribution in [1.82, 2.24) is 9.97 Å². The Morgan fingerprint density at radius 3 is 2.77 bits per heavy atom. The summed E-state index contributed by atoms with van der Waals surface area (Å²) in [4.78, 5) is 7.96. The fraction of sp³-hybridized carbons (Fsp3) is 0.364. The fourth-order valence-corrected chi connectivity index (χ4v) is 2.93. The Morgan fingerprint density at radius 2 is 2.08 bits per heavy atom. The Labute approximate surface area is 153 Å². The van der Waals surface area contributed by atoms with Crippen LogP contribution in [0.3, 0.4) is 0 Å². The van der Waals surface area contributed by atoms with Crippen molar-refractivity contribution in [3.05, 3.63) is 37.0 Å². The number of benzene rings is 1. The molecule has 1 aliphatic rings. The number of rotatable bonds is 4. The van der Waals surface area contributed by atoms with Crippen LogP contribution in [0.2, 0.25) is 0 Å². The van der Waals surface area contributed by atoms with Crippen molar-refractivity contribution in [2.75, 3.05) is 7.11 Å². The summed E-state index contributed by atoms with van der Waals surface area (Å²) in [5.74, 6) is 8.52. The summed E-state index contributed by atoms with van der Waals surface area (Å²) < 4.78 is 11.7. The fourth-order valence-electron chi connectivity index (χ4n) is 2.93. The number of ether oxygens (including phenoxy) is 2. The van der Waals surface area contributed by atoms with Gasteiger partial charge < -0.3 is 14.5 Å². The molecule has 2 aromatic heterocycles. The van der Waals surface area contributed by atoms with E-state index in [1.165, 1.54) is 12.8 Å². The van der Waals surface area contributed by atoms with Crippen LogP contribution in [0.4, 0.5) is 0 Å². The Kier molecular flexibility index (Phi) is 4.03. The molecule has 4 nitrogen and oxygen atoms in total. The standard InChI is InChI=1S/C22H23N2O2/c1-5-22(2,3)26-20-13-18-15(12-19(20)25-4)21-16(9-8-14-6-7-14)23-11-10-17(21)24-18/h10-14,24H,1,5-7H2,2-4H3. The van der Waals surface area contributed by atoms with Gasteiger partial charge in [0.05, 0.1) is 18.1 Å². The van der Waals surface area contributed by atoms with Crippen LogP contribution in [0.5, 0.6) is 11.5 Å². The molecule has 0 unspecified atom stereocenters. The average molecular weight is 347 g/mol. The van der Waals surface area contributed by atoms with E-state index in [9.17, 15) is 0 Å². The molecule has 4 heteroatoms. The summed E-state index contributed by atoms with van der Waals surface area (Å²) in [5.41, 5.74) is 2.45. The number of aromatic nitrogens is 2. The van der Waals surface area contributed by atoms with Gasteiger partial charge in [-0.1, -0.05) is 5.92 Å². The first-order valence-corrected chi connectivity index (χ1v) is 8.99. The van der Waals surface area contributed by atoms with E-state index < -0.39 is 0 Å². The molecule has 0 saturated heterocycles. The van der Waals surface area contributed by atoms with Gasteiger partial charge in [-0.3, -0.25) is 0 Å². The molecule has 1 fully saturated rings. The predicted octanol–water partition coefficient (Wildman–Crippen LogP) is 4.87. The van der Waals surface area contributed by atoms with Crippen molar-refractivity contribution < 1.29 is 9.47 Å². The molecule has 3 aromatic rings. The number of methoxy groups -OCH3 is 1. The second kappa shape index (κ2) is 6.25. The first kappa shape index (κ1) is 16.8. The maximum atomic E-state index is 6.14. The molecule has 2 heterocycles. The average Bonchev–Trinajstić information content (AvgIpc) is 3.38. The van der Waals surface area contributed by atoms with E-state index in [1.54, 1.807) is 13.3 Å². The number of fused-ring (bicyclic) bond motifs is 3. The lowest BCUT2D eigenvalue weighted by atomic mass is 10.1. The molecule has 0 spiro atoms. The molecule has 1 aromatic carbocycles. The zero-order valence-electron chi connectivity index (χ0n) is 15.5. The van der Waals surface area contributed by atoms with Crippen LogP contribution in [0, 0.1) is 24.7 Å². The van der Waals surface area contributed by atoms with Gasteiger partial charge in [-0.15, -0.1) is 0 Å². The third-order valence-corrected chi connectivity index (χ3v) is 4.75. The van der Waals surface area contributed by atoms with Gasteiger partial charge >= 0.3 is 0 Å². The normalized spacial score (nSPS) is 14.3. The van der Waals surface area contributed by atoms with Crippen LogP contribution in [-0.4, -0.2) is 22.7 Å². The second-order valence-electron chi connectivity index (χ2n) is 7.41. The molecule has 1 radical (unpaired) electrons. The lowest BCUT2D eigenvalue weighted by Crippen LogP contribution is -2.27. The van der Waals surface area contributed by atoms with Gasteiger partial charge in [-0.2, -0.15) is 0 Å². The highest BCUT2D eigenvalue weighted by Gasteiger charge is 2.21. The Hall–Kier alpha value is -2.67. The zero-order chi connectivity index (χ0) is 18.3. The van der Waals surface area contributed by atoms with Gasteiger partial charge in [0.1, 0.15) is 11.3 Å². The van der Waals surface area contributed by atoms with Crippen molar-refractivity contribution in [1.29, 1.82) is 0 Å². The van der Waals surface area contributed by atoms with E-state index in [4.69, 9.17) is 9.47 Å². The van der Waals surface area contributed by atoms with E-state index in [1.807, 2.05) is 32.0 Å². The third kappa shape index (κ3) is 3.10. The van der Waals surface area contributed by atoms with Crippen molar-refractivity contribution in [2.24, 2.45) is 5.92 Å². The summed E-state index contributed by atoms with van der Waals surface area (Å²) in [5, 5.41) is 2.08. The number of nitrogens with one attached hydrogen (secondary N) is 1. The molecule has 26 heavy (non-hydrogen) atoms. The predicted molar refractivity (Wildman–Crippen MR) is 104 cm³/mol. The Morgan fingerprint density at radius 1 is 1.27 bits per heavy atom. The first-order valence-electron chi connectivity index (χ1n) is 8.99. The SMILES string of the molecule is [CH2]CC(C)(C)Oc1cc2[nH]c3ccnc(C#CC4CC4)c3c2cc1OC. The van der Waals surface area contributed by atoms with Gasteiger partial charge in [0, 0.05) is 29.0 Å². The first-order chi connectivity index (χ1) is 12.5.